The molecule has 0 heterocycles. The van der Waals surface area contributed by atoms with Gasteiger partial charge in [0.25, 0.3) is 0 Å². The van der Waals surface area contributed by atoms with Gasteiger partial charge in [0.1, 0.15) is 0 Å². The van der Waals surface area contributed by atoms with Crippen LogP contribution < -0.4 is 0 Å². The SMILES string of the molecule is CCC1=C(C(=O)OC)CCC(Cl)=C1. The number of halogens is 1. The smallest absolute Gasteiger partial charge is 0.334 e. The number of carbonyl (C=O) groups is 1. The Kier molecular flexibility index (Phi) is 3.55. The number of rotatable bonds is 2. The Morgan fingerprint density at radius 1 is 1.62 bits per heavy atom. The van der Waals surface area contributed by atoms with E-state index in [9.17, 15) is 4.79 Å². The fraction of sp³-hybridized carbons (Fsp3) is 0.500. The van der Waals surface area contributed by atoms with Gasteiger partial charge in [-0.25, -0.2) is 4.79 Å². The molecular formula is C10H13ClO2. The summed E-state index contributed by atoms with van der Waals surface area (Å²) in [7, 11) is 1.41. The average molecular weight is 201 g/mol. The number of allylic oxidation sites excluding steroid dienone is 3. The van der Waals surface area contributed by atoms with Crippen molar-refractivity contribution in [1.82, 2.24) is 0 Å². The molecule has 1 aliphatic carbocycles. The van der Waals surface area contributed by atoms with Gasteiger partial charge in [-0.1, -0.05) is 18.5 Å². The molecule has 0 spiro atoms. The third-order valence-electron chi connectivity index (χ3n) is 2.14. The predicted octanol–water partition coefficient (Wildman–Crippen LogP) is 2.78. The summed E-state index contributed by atoms with van der Waals surface area (Å²) in [5.41, 5.74) is 1.78. The van der Waals surface area contributed by atoms with Gasteiger partial charge < -0.3 is 4.74 Å². The van der Waals surface area contributed by atoms with Crippen molar-refractivity contribution in [2.24, 2.45) is 0 Å². The molecule has 0 aliphatic heterocycles. The maximum Gasteiger partial charge on any atom is 0.334 e. The van der Waals surface area contributed by atoms with Crippen LogP contribution in [0.4, 0.5) is 0 Å². The lowest BCUT2D eigenvalue weighted by molar-refractivity contribution is -0.136. The van der Waals surface area contributed by atoms with Gasteiger partial charge in [0.05, 0.1) is 7.11 Å². The number of ether oxygens (including phenoxy) is 1. The maximum absolute atomic E-state index is 11.3. The van der Waals surface area contributed by atoms with Gasteiger partial charge in [-0.05, 0) is 30.9 Å². The first-order chi connectivity index (χ1) is 6.19. The quantitative estimate of drug-likeness (QED) is 0.641. The van der Waals surface area contributed by atoms with Crippen molar-refractivity contribution < 1.29 is 9.53 Å². The van der Waals surface area contributed by atoms with E-state index >= 15 is 0 Å². The lowest BCUT2D eigenvalue weighted by Crippen LogP contribution is -2.10. The highest BCUT2D eigenvalue weighted by atomic mass is 35.5. The summed E-state index contributed by atoms with van der Waals surface area (Å²) < 4.78 is 4.69. The molecule has 1 aliphatic rings. The number of hydrogen-bond donors (Lipinski definition) is 0. The maximum atomic E-state index is 11.3. The highest BCUT2D eigenvalue weighted by Gasteiger charge is 2.17. The predicted molar refractivity (Wildman–Crippen MR) is 52.5 cm³/mol. The summed E-state index contributed by atoms with van der Waals surface area (Å²) in [6.07, 6.45) is 4.14. The number of hydrogen-bond acceptors (Lipinski definition) is 2. The molecule has 0 atom stereocenters. The summed E-state index contributed by atoms with van der Waals surface area (Å²) >= 11 is 5.88. The Bertz CT molecular complexity index is 277. The second-order valence-electron chi connectivity index (χ2n) is 2.94. The van der Waals surface area contributed by atoms with Gasteiger partial charge in [0.15, 0.2) is 0 Å². The molecule has 0 saturated heterocycles. The summed E-state index contributed by atoms with van der Waals surface area (Å²) in [4.78, 5) is 11.3. The van der Waals surface area contributed by atoms with Gasteiger partial charge in [0, 0.05) is 10.6 Å². The Labute approximate surface area is 83.2 Å². The van der Waals surface area contributed by atoms with E-state index < -0.39 is 0 Å². The fourth-order valence-corrected chi connectivity index (χ4v) is 1.65. The summed E-state index contributed by atoms with van der Waals surface area (Å²) in [6.45, 7) is 2.00. The van der Waals surface area contributed by atoms with Gasteiger partial charge in [-0.2, -0.15) is 0 Å². The van der Waals surface area contributed by atoms with E-state index in [2.05, 4.69) is 4.74 Å². The van der Waals surface area contributed by atoms with Crippen molar-refractivity contribution in [2.45, 2.75) is 26.2 Å². The van der Waals surface area contributed by atoms with Crippen molar-refractivity contribution in [1.29, 1.82) is 0 Å². The van der Waals surface area contributed by atoms with Crippen molar-refractivity contribution in [3.63, 3.8) is 0 Å². The van der Waals surface area contributed by atoms with Crippen LogP contribution in [-0.2, 0) is 9.53 Å². The second-order valence-corrected chi connectivity index (χ2v) is 3.43. The van der Waals surface area contributed by atoms with Gasteiger partial charge in [0.2, 0.25) is 0 Å². The third kappa shape index (κ3) is 2.34. The topological polar surface area (TPSA) is 26.3 Å². The van der Waals surface area contributed by atoms with E-state index in [-0.39, 0.29) is 5.97 Å². The molecule has 0 aromatic carbocycles. The zero-order valence-corrected chi connectivity index (χ0v) is 8.65. The van der Waals surface area contributed by atoms with Crippen LogP contribution in [0.1, 0.15) is 26.2 Å². The van der Waals surface area contributed by atoms with Crippen molar-refractivity contribution in [2.75, 3.05) is 7.11 Å². The first-order valence-electron chi connectivity index (χ1n) is 4.35. The minimum absolute atomic E-state index is 0.225. The average Bonchev–Trinajstić information content (AvgIpc) is 2.16. The van der Waals surface area contributed by atoms with Crippen LogP contribution in [0.15, 0.2) is 22.3 Å². The fourth-order valence-electron chi connectivity index (χ4n) is 1.43. The number of methoxy groups -OCH3 is 1. The molecule has 13 heavy (non-hydrogen) atoms. The minimum Gasteiger partial charge on any atom is -0.466 e. The van der Waals surface area contributed by atoms with Crippen LogP contribution in [0.2, 0.25) is 0 Å². The van der Waals surface area contributed by atoms with E-state index in [1.165, 1.54) is 7.11 Å². The summed E-state index contributed by atoms with van der Waals surface area (Å²) in [5, 5.41) is 0.824. The largest absolute Gasteiger partial charge is 0.466 e. The van der Waals surface area contributed by atoms with Gasteiger partial charge >= 0.3 is 5.97 Å². The van der Waals surface area contributed by atoms with Gasteiger partial charge in [-0.15, -0.1) is 0 Å². The van der Waals surface area contributed by atoms with E-state index in [4.69, 9.17) is 11.6 Å². The highest BCUT2D eigenvalue weighted by Crippen LogP contribution is 2.28. The third-order valence-corrected chi connectivity index (χ3v) is 2.44. The van der Waals surface area contributed by atoms with E-state index in [0.717, 1.165) is 29.0 Å². The number of esters is 1. The molecule has 0 aromatic rings. The monoisotopic (exact) mass is 200 g/mol. The zero-order chi connectivity index (χ0) is 9.84. The molecule has 0 radical (unpaired) electrons. The van der Waals surface area contributed by atoms with E-state index in [1.54, 1.807) is 0 Å². The summed E-state index contributed by atoms with van der Waals surface area (Å²) in [6, 6.07) is 0. The van der Waals surface area contributed by atoms with Crippen molar-refractivity contribution in [3.8, 4) is 0 Å². The van der Waals surface area contributed by atoms with Crippen LogP contribution in [-0.4, -0.2) is 13.1 Å². The van der Waals surface area contributed by atoms with Crippen LogP contribution in [0.3, 0.4) is 0 Å². The van der Waals surface area contributed by atoms with Crippen molar-refractivity contribution in [3.05, 3.63) is 22.3 Å². The van der Waals surface area contributed by atoms with E-state index in [0.29, 0.717) is 6.42 Å². The molecule has 2 nitrogen and oxygen atoms in total. The second kappa shape index (κ2) is 4.47. The van der Waals surface area contributed by atoms with Crippen LogP contribution in [0, 0.1) is 0 Å². The molecule has 0 N–H and O–H groups in total. The molecule has 0 bridgehead atoms. The standard InChI is InChI=1S/C10H13ClO2/c1-3-7-6-8(11)4-5-9(7)10(12)13-2/h6H,3-5H2,1-2H3. The number of carbonyl (C=O) groups excluding carboxylic acids is 1. The Hall–Kier alpha value is -0.760. The highest BCUT2D eigenvalue weighted by molar-refractivity contribution is 6.30. The molecule has 0 amide bonds. The first kappa shape index (κ1) is 10.3. The molecule has 0 aromatic heterocycles. The molecule has 0 fully saturated rings. The van der Waals surface area contributed by atoms with Crippen molar-refractivity contribution >= 4 is 17.6 Å². The van der Waals surface area contributed by atoms with Crippen LogP contribution >= 0.6 is 11.6 Å². The normalized spacial score (nSPS) is 17.0. The Morgan fingerprint density at radius 2 is 2.31 bits per heavy atom. The Morgan fingerprint density at radius 3 is 2.85 bits per heavy atom. The minimum atomic E-state index is -0.225. The Balaban J connectivity index is 2.96. The van der Waals surface area contributed by atoms with Crippen LogP contribution in [0.5, 0.6) is 0 Å². The molecule has 0 saturated carbocycles. The van der Waals surface area contributed by atoms with Gasteiger partial charge in [-0.3, -0.25) is 0 Å². The first-order valence-corrected chi connectivity index (χ1v) is 4.73. The molecular weight excluding hydrogens is 188 g/mol. The lowest BCUT2D eigenvalue weighted by atomic mass is 9.96. The molecule has 0 unspecified atom stereocenters. The lowest BCUT2D eigenvalue weighted by Gasteiger charge is -2.14. The molecule has 1 rings (SSSR count). The zero-order valence-electron chi connectivity index (χ0n) is 7.89. The molecule has 72 valence electrons. The molecule has 3 heteroatoms. The van der Waals surface area contributed by atoms with Crippen LogP contribution in [0.25, 0.3) is 0 Å². The summed E-state index contributed by atoms with van der Waals surface area (Å²) in [5.74, 6) is -0.225. The van der Waals surface area contributed by atoms with E-state index in [1.807, 2.05) is 13.0 Å².